The number of hydrogen-bond acceptors (Lipinski definition) is 3. The summed E-state index contributed by atoms with van der Waals surface area (Å²) in [6.07, 6.45) is 1.46. The second-order valence-electron chi connectivity index (χ2n) is 4.60. The average Bonchev–Trinajstić information content (AvgIpc) is 3.02. The van der Waals surface area contributed by atoms with Gasteiger partial charge < -0.3 is 9.52 Å². The van der Waals surface area contributed by atoms with E-state index in [1.807, 2.05) is 0 Å². The predicted molar refractivity (Wildman–Crippen MR) is 96.5 cm³/mol. The van der Waals surface area contributed by atoms with Crippen molar-refractivity contribution < 1.29 is 14.3 Å². The van der Waals surface area contributed by atoms with Gasteiger partial charge in [0.2, 0.25) is 5.89 Å². The molecule has 1 N–H and O–H groups in total. The van der Waals surface area contributed by atoms with E-state index in [2.05, 4.69) is 4.98 Å². The fourth-order valence-corrected chi connectivity index (χ4v) is 2.72. The van der Waals surface area contributed by atoms with Crippen LogP contribution in [0.25, 0.3) is 22.8 Å². The predicted octanol–water partition coefficient (Wildman–Crippen LogP) is 5.02. The standard InChI is InChI=1S/C16H8Cl3NO3.Na.H/c17-11-6-5-10(13(18)14(11)19)12-7-20-15(23-12)8-3-1-2-4-9(8)16(21)22;;/h1-7H,(H,21,22);;. The molecule has 0 atom stereocenters. The molecule has 0 fully saturated rings. The molecule has 4 nitrogen and oxygen atoms in total. The molecule has 1 heterocycles. The van der Waals surface area contributed by atoms with E-state index in [0.717, 1.165) is 0 Å². The van der Waals surface area contributed by atoms with Gasteiger partial charge in [-0.05, 0) is 24.3 Å². The summed E-state index contributed by atoms with van der Waals surface area (Å²) in [6, 6.07) is 9.69. The molecule has 0 saturated heterocycles. The Morgan fingerprint density at radius 2 is 1.71 bits per heavy atom. The minimum absolute atomic E-state index is 0. The van der Waals surface area contributed by atoms with Crippen LogP contribution in [0.1, 0.15) is 10.4 Å². The number of benzene rings is 2. The molecule has 1 aromatic heterocycles. The molecule has 8 heteroatoms. The molecule has 3 aromatic rings. The molecule has 24 heavy (non-hydrogen) atoms. The first-order chi connectivity index (χ1) is 11.0. The summed E-state index contributed by atoms with van der Waals surface area (Å²) in [5.74, 6) is -0.517. The molecule has 2 aromatic carbocycles. The van der Waals surface area contributed by atoms with Gasteiger partial charge in [-0.2, -0.15) is 0 Å². The number of halogens is 3. The summed E-state index contributed by atoms with van der Waals surface area (Å²) in [5.41, 5.74) is 0.996. The molecule has 0 radical (unpaired) electrons. The van der Waals surface area contributed by atoms with Crippen LogP contribution < -0.4 is 0 Å². The Hall–Kier alpha value is -1.01. The molecule has 0 aliphatic rings. The van der Waals surface area contributed by atoms with E-state index in [-0.39, 0.29) is 51.1 Å². The van der Waals surface area contributed by atoms with Crippen LogP contribution in [0.5, 0.6) is 0 Å². The molecule has 0 spiro atoms. The number of oxazole rings is 1. The quantitative estimate of drug-likeness (QED) is 0.502. The van der Waals surface area contributed by atoms with Gasteiger partial charge in [-0.15, -0.1) is 0 Å². The van der Waals surface area contributed by atoms with Gasteiger partial charge in [-0.25, -0.2) is 9.78 Å². The second-order valence-corrected chi connectivity index (χ2v) is 5.77. The van der Waals surface area contributed by atoms with Crippen molar-refractivity contribution in [3.05, 3.63) is 63.2 Å². The van der Waals surface area contributed by atoms with Crippen molar-refractivity contribution in [3.63, 3.8) is 0 Å². The molecule has 0 aliphatic carbocycles. The van der Waals surface area contributed by atoms with Gasteiger partial charge in [0, 0.05) is 5.56 Å². The van der Waals surface area contributed by atoms with Crippen molar-refractivity contribution in [1.29, 1.82) is 0 Å². The number of nitrogens with zero attached hydrogens (tertiary/aromatic N) is 1. The first-order valence-electron chi connectivity index (χ1n) is 6.41. The third-order valence-corrected chi connectivity index (χ3v) is 4.49. The molecular formula is C16H9Cl3NNaO3. The second kappa shape index (κ2) is 7.91. The van der Waals surface area contributed by atoms with E-state index in [1.165, 1.54) is 12.3 Å². The zero-order valence-corrected chi connectivity index (χ0v) is 13.7. The van der Waals surface area contributed by atoms with Crippen LogP contribution in [-0.4, -0.2) is 45.6 Å². The van der Waals surface area contributed by atoms with Crippen molar-refractivity contribution in [2.24, 2.45) is 0 Å². The van der Waals surface area contributed by atoms with Gasteiger partial charge in [-0.3, -0.25) is 0 Å². The fraction of sp³-hybridized carbons (Fsp3) is 0. The number of rotatable bonds is 3. The number of aromatic nitrogens is 1. The average molecular weight is 393 g/mol. The minimum atomic E-state index is -1.06. The van der Waals surface area contributed by atoms with E-state index in [4.69, 9.17) is 39.2 Å². The van der Waals surface area contributed by atoms with E-state index < -0.39 is 5.97 Å². The summed E-state index contributed by atoms with van der Waals surface area (Å²) in [6.45, 7) is 0. The summed E-state index contributed by atoms with van der Waals surface area (Å²) in [7, 11) is 0. The topological polar surface area (TPSA) is 63.3 Å². The van der Waals surface area contributed by atoms with Crippen LogP contribution >= 0.6 is 34.8 Å². The molecular weight excluding hydrogens is 384 g/mol. The van der Waals surface area contributed by atoms with Crippen molar-refractivity contribution in [2.45, 2.75) is 0 Å². The summed E-state index contributed by atoms with van der Waals surface area (Å²) in [5, 5.41) is 10.0. The van der Waals surface area contributed by atoms with Crippen LogP contribution in [0.2, 0.25) is 15.1 Å². The first-order valence-corrected chi connectivity index (χ1v) is 7.55. The molecule has 0 aliphatic heterocycles. The number of carboxylic acids is 1. The number of aromatic carboxylic acids is 1. The Morgan fingerprint density at radius 3 is 2.42 bits per heavy atom. The van der Waals surface area contributed by atoms with E-state index >= 15 is 0 Å². The van der Waals surface area contributed by atoms with Crippen molar-refractivity contribution in [3.8, 4) is 22.8 Å². The van der Waals surface area contributed by atoms with Gasteiger partial charge in [-0.1, -0.05) is 46.9 Å². The number of carbonyl (C=O) groups is 1. The van der Waals surface area contributed by atoms with Crippen LogP contribution in [0, 0.1) is 0 Å². The fourth-order valence-electron chi connectivity index (χ4n) is 2.10. The van der Waals surface area contributed by atoms with Crippen molar-refractivity contribution in [1.82, 2.24) is 4.98 Å². The molecule has 118 valence electrons. The van der Waals surface area contributed by atoms with Gasteiger partial charge in [0.25, 0.3) is 0 Å². The zero-order valence-electron chi connectivity index (χ0n) is 11.4. The summed E-state index contributed by atoms with van der Waals surface area (Å²) in [4.78, 5) is 15.4. The van der Waals surface area contributed by atoms with Crippen LogP contribution in [0.3, 0.4) is 0 Å². The Balaban J connectivity index is 0.00000208. The Bertz CT molecular complexity index is 911. The van der Waals surface area contributed by atoms with Crippen LogP contribution in [-0.2, 0) is 0 Å². The van der Waals surface area contributed by atoms with Crippen LogP contribution in [0.15, 0.2) is 47.0 Å². The Labute approximate surface area is 174 Å². The first kappa shape index (κ1) is 19.3. The van der Waals surface area contributed by atoms with Gasteiger partial charge in [0.05, 0.1) is 32.4 Å². The van der Waals surface area contributed by atoms with Crippen molar-refractivity contribution >= 4 is 70.3 Å². The van der Waals surface area contributed by atoms with Gasteiger partial charge in [0.1, 0.15) is 0 Å². The van der Waals surface area contributed by atoms with E-state index in [1.54, 1.807) is 30.3 Å². The third-order valence-electron chi connectivity index (χ3n) is 3.19. The summed E-state index contributed by atoms with van der Waals surface area (Å²) < 4.78 is 5.66. The monoisotopic (exact) mass is 391 g/mol. The maximum absolute atomic E-state index is 11.3. The number of hydrogen-bond donors (Lipinski definition) is 1. The van der Waals surface area contributed by atoms with Crippen molar-refractivity contribution in [2.75, 3.05) is 0 Å². The summed E-state index contributed by atoms with van der Waals surface area (Å²) >= 11 is 18.1. The van der Waals surface area contributed by atoms with E-state index in [9.17, 15) is 9.90 Å². The van der Waals surface area contributed by atoms with Gasteiger partial charge >= 0.3 is 35.5 Å². The molecule has 0 bridgehead atoms. The SMILES string of the molecule is O=C(O)c1ccccc1-c1ncc(-c2ccc(Cl)c(Cl)c2Cl)o1.[NaH]. The molecule has 0 amide bonds. The number of carboxylic acid groups (broad SMARTS) is 1. The zero-order chi connectivity index (χ0) is 16.6. The Morgan fingerprint density at radius 1 is 1.00 bits per heavy atom. The molecule has 3 rings (SSSR count). The van der Waals surface area contributed by atoms with E-state index in [0.29, 0.717) is 21.9 Å². The molecule has 0 saturated carbocycles. The maximum atomic E-state index is 11.3. The Kier molecular flexibility index (Phi) is 6.37. The molecule has 0 unspecified atom stereocenters. The van der Waals surface area contributed by atoms with Crippen LogP contribution in [0.4, 0.5) is 0 Å². The third kappa shape index (κ3) is 3.64. The van der Waals surface area contributed by atoms with Gasteiger partial charge in [0.15, 0.2) is 5.76 Å². The normalized spacial score (nSPS) is 10.3.